The van der Waals surface area contributed by atoms with Gasteiger partial charge in [-0.15, -0.1) is 0 Å². The fraction of sp³-hybridized carbons (Fsp3) is 0.911. The van der Waals surface area contributed by atoms with E-state index in [0.717, 1.165) is 56.4 Å². The van der Waals surface area contributed by atoms with Crippen molar-refractivity contribution in [3.8, 4) is 0 Å². The fourth-order valence-electron chi connectivity index (χ4n) is 7.73. The van der Waals surface area contributed by atoms with Crippen molar-refractivity contribution in [3.63, 3.8) is 0 Å². The molecule has 0 aliphatic rings. The molecule has 0 fully saturated rings. The van der Waals surface area contributed by atoms with Crippen LogP contribution in [0.1, 0.15) is 186 Å². The monoisotopic (exact) mass is 706 g/mol. The van der Waals surface area contributed by atoms with Gasteiger partial charge in [-0.2, -0.15) is 0 Å². The molecule has 50 heavy (non-hydrogen) atoms. The maximum absolute atomic E-state index is 13.1. The van der Waals surface area contributed by atoms with E-state index in [4.69, 9.17) is 9.47 Å². The Balaban J connectivity index is 5.14. The summed E-state index contributed by atoms with van der Waals surface area (Å²) in [5.74, 6) is 3.10. The Morgan fingerprint density at radius 2 is 1.20 bits per heavy atom. The topological polar surface area (TPSA) is 55.8 Å². The van der Waals surface area contributed by atoms with Crippen LogP contribution in [0.4, 0.5) is 0 Å². The molecule has 0 spiro atoms. The van der Waals surface area contributed by atoms with E-state index in [9.17, 15) is 9.59 Å². The lowest BCUT2D eigenvalue weighted by atomic mass is 9.72. The molecule has 0 N–H and O–H groups in total. The van der Waals surface area contributed by atoms with Crippen molar-refractivity contribution < 1.29 is 19.1 Å². The first-order chi connectivity index (χ1) is 23.3. The van der Waals surface area contributed by atoms with E-state index in [2.05, 4.69) is 87.1 Å². The summed E-state index contributed by atoms with van der Waals surface area (Å²) in [6, 6.07) is 0. The third-order valence-corrected chi connectivity index (χ3v) is 11.0. The molecule has 0 radical (unpaired) electrons. The van der Waals surface area contributed by atoms with Crippen LogP contribution in [-0.4, -0.2) is 50.2 Å². The van der Waals surface area contributed by atoms with E-state index >= 15 is 0 Å². The van der Waals surface area contributed by atoms with Gasteiger partial charge in [-0.1, -0.05) is 153 Å². The molecular formula is C45H87NO4. The summed E-state index contributed by atoms with van der Waals surface area (Å²) in [7, 11) is 4.06. The Kier molecular flexibility index (Phi) is 25.7. The van der Waals surface area contributed by atoms with Crippen molar-refractivity contribution in [2.75, 3.05) is 27.2 Å². The summed E-state index contributed by atoms with van der Waals surface area (Å²) in [4.78, 5) is 28.3. The first-order valence-electron chi connectivity index (χ1n) is 21.0. The predicted octanol–water partition coefficient (Wildman–Crippen LogP) is 12.7. The summed E-state index contributed by atoms with van der Waals surface area (Å²) in [5.41, 5.74) is -0.220. The Hall–Kier alpha value is -1.36. The van der Waals surface area contributed by atoms with Crippen LogP contribution in [0.5, 0.6) is 0 Å². The van der Waals surface area contributed by atoms with Gasteiger partial charge in [0.2, 0.25) is 0 Å². The third-order valence-electron chi connectivity index (χ3n) is 11.0. The van der Waals surface area contributed by atoms with Crippen LogP contribution in [0.25, 0.3) is 0 Å². The normalized spacial score (nSPS) is 16.8. The highest BCUT2D eigenvalue weighted by atomic mass is 16.5. The summed E-state index contributed by atoms with van der Waals surface area (Å²) in [6.45, 7) is 28.3. The second-order valence-electron chi connectivity index (χ2n) is 18.7. The van der Waals surface area contributed by atoms with Crippen LogP contribution in [0.15, 0.2) is 12.2 Å². The zero-order chi connectivity index (χ0) is 38.3. The molecule has 0 heterocycles. The maximum Gasteiger partial charge on any atom is 0.308 e. The van der Waals surface area contributed by atoms with E-state index in [1.54, 1.807) is 0 Å². The average molecular weight is 706 g/mol. The summed E-state index contributed by atoms with van der Waals surface area (Å²) >= 11 is 0. The molecule has 0 aliphatic carbocycles. The second kappa shape index (κ2) is 26.4. The number of hydrogen-bond donors (Lipinski definition) is 0. The molecule has 5 heteroatoms. The largest absolute Gasteiger partial charge is 0.462 e. The second-order valence-corrected chi connectivity index (χ2v) is 18.7. The lowest BCUT2D eigenvalue weighted by Gasteiger charge is -2.38. The average Bonchev–Trinajstić information content (AvgIpc) is 3.00. The van der Waals surface area contributed by atoms with Crippen LogP contribution < -0.4 is 0 Å². The quantitative estimate of drug-likeness (QED) is 0.0550. The molecule has 6 atom stereocenters. The molecule has 0 bridgehead atoms. The third kappa shape index (κ3) is 24.8. The highest BCUT2D eigenvalue weighted by Gasteiger charge is 2.38. The highest BCUT2D eigenvalue weighted by molar-refractivity contribution is 5.72. The van der Waals surface area contributed by atoms with Crippen LogP contribution in [0.2, 0.25) is 0 Å². The molecule has 296 valence electrons. The Labute approximate surface area is 312 Å². The molecule has 0 saturated heterocycles. The van der Waals surface area contributed by atoms with Gasteiger partial charge in [0.25, 0.3) is 0 Å². The van der Waals surface area contributed by atoms with Crippen LogP contribution in [0.3, 0.4) is 0 Å². The fourth-order valence-corrected chi connectivity index (χ4v) is 7.73. The van der Waals surface area contributed by atoms with Gasteiger partial charge in [0.05, 0.1) is 5.92 Å². The molecule has 0 aliphatic heterocycles. The Morgan fingerprint density at radius 3 is 1.68 bits per heavy atom. The molecule has 0 aromatic heterocycles. The predicted molar refractivity (Wildman–Crippen MR) is 216 cm³/mol. The summed E-state index contributed by atoms with van der Waals surface area (Å²) in [6.07, 6.45) is 21.6. The Morgan fingerprint density at radius 1 is 0.680 bits per heavy atom. The van der Waals surface area contributed by atoms with E-state index in [1.165, 1.54) is 57.8 Å². The molecule has 0 amide bonds. The van der Waals surface area contributed by atoms with Gasteiger partial charge in [0.15, 0.2) is 0 Å². The van der Waals surface area contributed by atoms with E-state index < -0.39 is 0 Å². The van der Waals surface area contributed by atoms with Crippen molar-refractivity contribution in [2.45, 2.75) is 192 Å². The van der Waals surface area contributed by atoms with Gasteiger partial charge in [-0.3, -0.25) is 9.59 Å². The smallest absolute Gasteiger partial charge is 0.308 e. The minimum atomic E-state index is -0.301. The maximum atomic E-state index is 13.1. The minimum absolute atomic E-state index is 0.0806. The number of allylic oxidation sites excluding steroid dienone is 1. The van der Waals surface area contributed by atoms with Gasteiger partial charge in [-0.05, 0) is 94.2 Å². The first-order valence-corrected chi connectivity index (χ1v) is 21.0. The zero-order valence-corrected chi connectivity index (χ0v) is 36.0. The van der Waals surface area contributed by atoms with Crippen LogP contribution in [-0.2, 0) is 19.1 Å². The summed E-state index contributed by atoms with van der Waals surface area (Å²) in [5, 5.41) is 0. The molecule has 6 unspecified atom stereocenters. The molecular weight excluding hydrogens is 618 g/mol. The van der Waals surface area contributed by atoms with Gasteiger partial charge in [0, 0.05) is 11.8 Å². The molecule has 0 aromatic carbocycles. The number of carbonyl (C=O) groups is 2. The Bertz CT molecular complexity index is 909. The number of esters is 2. The van der Waals surface area contributed by atoms with Crippen LogP contribution in [0, 0.1) is 46.3 Å². The summed E-state index contributed by atoms with van der Waals surface area (Å²) < 4.78 is 12.0. The van der Waals surface area contributed by atoms with E-state index in [0.29, 0.717) is 31.3 Å². The number of nitrogens with zero attached hydrogens (tertiary/aromatic N) is 1. The van der Waals surface area contributed by atoms with Crippen molar-refractivity contribution in [3.05, 3.63) is 12.2 Å². The first kappa shape index (κ1) is 48.6. The minimum Gasteiger partial charge on any atom is -0.462 e. The SMILES string of the molecule is CCC(C)(CC(C)C(=O)OCC=CC(C)(C)CC(C)C)C(CCC(C)CCCC(C)CCCC(C)CCCC(C)C)OC(=O)CCCN(C)C. The van der Waals surface area contributed by atoms with Gasteiger partial charge < -0.3 is 14.4 Å². The van der Waals surface area contributed by atoms with E-state index in [1.807, 2.05) is 27.1 Å². The van der Waals surface area contributed by atoms with Gasteiger partial charge in [0.1, 0.15) is 12.7 Å². The van der Waals surface area contributed by atoms with Gasteiger partial charge >= 0.3 is 11.9 Å². The molecule has 0 aromatic rings. The van der Waals surface area contributed by atoms with E-state index in [-0.39, 0.29) is 34.8 Å². The molecule has 0 rings (SSSR count). The zero-order valence-electron chi connectivity index (χ0n) is 36.0. The van der Waals surface area contributed by atoms with Crippen molar-refractivity contribution in [2.24, 2.45) is 46.3 Å². The molecule has 0 saturated carbocycles. The molecule has 5 nitrogen and oxygen atoms in total. The lowest BCUT2D eigenvalue weighted by molar-refractivity contribution is -0.159. The van der Waals surface area contributed by atoms with Crippen LogP contribution >= 0.6 is 0 Å². The lowest BCUT2D eigenvalue weighted by Crippen LogP contribution is -2.39. The highest BCUT2D eigenvalue weighted by Crippen LogP contribution is 2.39. The number of hydrogen-bond acceptors (Lipinski definition) is 5. The number of rotatable bonds is 30. The number of ether oxygens (including phenoxy) is 2. The van der Waals surface area contributed by atoms with Gasteiger partial charge in [-0.25, -0.2) is 0 Å². The standard InChI is InChI=1S/C45H87NO4/c1-15-45(12,34-40(9)43(48)49-32-20-30-44(10,11)33-36(4)5)41(50-42(47)27-19-31-46(13)14)29-28-39(8)26-18-25-38(7)24-17-23-37(6)22-16-21-35(2)3/h20,30,35-41H,15-19,21-29,31-34H2,1-14H3. The van der Waals surface area contributed by atoms with Crippen molar-refractivity contribution >= 4 is 11.9 Å². The van der Waals surface area contributed by atoms with Crippen molar-refractivity contribution in [1.29, 1.82) is 0 Å². The number of carbonyl (C=O) groups excluding carboxylic acids is 2. The van der Waals surface area contributed by atoms with Crippen molar-refractivity contribution in [1.82, 2.24) is 4.90 Å².